The maximum absolute atomic E-state index is 11.9. The SMILES string of the molecule is CN(CC(=O)NO)C(=O)C1CCCC1C(=O)O. The number of hydrogen-bond acceptors (Lipinski definition) is 4. The van der Waals surface area contributed by atoms with Gasteiger partial charge in [0.05, 0.1) is 11.8 Å². The van der Waals surface area contributed by atoms with Crippen LogP contribution in [0.3, 0.4) is 0 Å². The fraction of sp³-hybridized carbons (Fsp3) is 0.700. The molecule has 0 aliphatic heterocycles. The average Bonchev–Trinajstić information content (AvgIpc) is 2.76. The summed E-state index contributed by atoms with van der Waals surface area (Å²) in [7, 11) is 1.41. The molecule has 96 valence electrons. The smallest absolute Gasteiger partial charge is 0.307 e. The fourth-order valence-corrected chi connectivity index (χ4v) is 2.16. The van der Waals surface area contributed by atoms with Gasteiger partial charge in [-0.05, 0) is 12.8 Å². The highest BCUT2D eigenvalue weighted by Gasteiger charge is 2.39. The van der Waals surface area contributed by atoms with Crippen LogP contribution in [0.25, 0.3) is 0 Å². The third-order valence-corrected chi connectivity index (χ3v) is 3.03. The van der Waals surface area contributed by atoms with E-state index >= 15 is 0 Å². The van der Waals surface area contributed by atoms with Gasteiger partial charge in [-0.1, -0.05) is 6.42 Å². The Morgan fingerprint density at radius 2 is 1.88 bits per heavy atom. The quantitative estimate of drug-likeness (QED) is 0.454. The number of hydroxylamine groups is 1. The van der Waals surface area contributed by atoms with Crippen LogP contribution in [0.1, 0.15) is 19.3 Å². The normalized spacial score (nSPS) is 23.2. The van der Waals surface area contributed by atoms with Crippen LogP contribution in [0.2, 0.25) is 0 Å². The van der Waals surface area contributed by atoms with Crippen molar-refractivity contribution in [3.63, 3.8) is 0 Å². The molecule has 7 nitrogen and oxygen atoms in total. The Labute approximate surface area is 98.4 Å². The number of carbonyl (C=O) groups excluding carboxylic acids is 2. The van der Waals surface area contributed by atoms with E-state index in [4.69, 9.17) is 10.3 Å². The summed E-state index contributed by atoms with van der Waals surface area (Å²) in [5.41, 5.74) is 1.43. The first-order chi connectivity index (χ1) is 7.97. The molecule has 0 saturated heterocycles. The summed E-state index contributed by atoms with van der Waals surface area (Å²) in [6.07, 6.45) is 1.72. The molecule has 0 heterocycles. The van der Waals surface area contributed by atoms with Gasteiger partial charge >= 0.3 is 5.97 Å². The molecule has 0 bridgehead atoms. The second-order valence-corrected chi connectivity index (χ2v) is 4.21. The van der Waals surface area contributed by atoms with Gasteiger partial charge in [-0.15, -0.1) is 0 Å². The zero-order valence-corrected chi connectivity index (χ0v) is 9.55. The number of rotatable bonds is 4. The van der Waals surface area contributed by atoms with E-state index in [1.807, 2.05) is 0 Å². The Morgan fingerprint density at radius 3 is 2.41 bits per heavy atom. The Bertz CT molecular complexity index is 331. The third kappa shape index (κ3) is 3.16. The number of carboxylic acids is 1. The summed E-state index contributed by atoms with van der Waals surface area (Å²) < 4.78 is 0. The van der Waals surface area contributed by atoms with Crippen LogP contribution >= 0.6 is 0 Å². The van der Waals surface area contributed by atoms with Crippen LogP contribution in [-0.2, 0) is 14.4 Å². The average molecular weight is 244 g/mol. The molecule has 1 saturated carbocycles. The molecule has 0 aromatic carbocycles. The van der Waals surface area contributed by atoms with Crippen LogP contribution in [0.15, 0.2) is 0 Å². The molecule has 2 amide bonds. The van der Waals surface area contributed by atoms with Crippen LogP contribution in [-0.4, -0.2) is 46.6 Å². The van der Waals surface area contributed by atoms with Crippen molar-refractivity contribution in [2.24, 2.45) is 11.8 Å². The largest absolute Gasteiger partial charge is 0.481 e. The van der Waals surface area contributed by atoms with Gasteiger partial charge in [0.1, 0.15) is 6.54 Å². The first-order valence-corrected chi connectivity index (χ1v) is 5.38. The molecule has 7 heteroatoms. The number of likely N-dealkylation sites (N-methyl/N-ethyl adjacent to an activating group) is 1. The van der Waals surface area contributed by atoms with E-state index in [2.05, 4.69) is 0 Å². The van der Waals surface area contributed by atoms with Crippen molar-refractivity contribution >= 4 is 17.8 Å². The second-order valence-electron chi connectivity index (χ2n) is 4.21. The fourth-order valence-electron chi connectivity index (χ4n) is 2.16. The highest BCUT2D eigenvalue weighted by atomic mass is 16.5. The summed E-state index contributed by atoms with van der Waals surface area (Å²) in [5.74, 6) is -3.27. The van der Waals surface area contributed by atoms with E-state index in [0.29, 0.717) is 19.3 Å². The minimum atomic E-state index is -0.971. The van der Waals surface area contributed by atoms with Crippen LogP contribution in [0.4, 0.5) is 0 Å². The van der Waals surface area contributed by atoms with E-state index in [-0.39, 0.29) is 12.5 Å². The van der Waals surface area contributed by atoms with Crippen molar-refractivity contribution in [2.45, 2.75) is 19.3 Å². The molecule has 2 unspecified atom stereocenters. The van der Waals surface area contributed by atoms with Crippen molar-refractivity contribution in [1.29, 1.82) is 0 Å². The van der Waals surface area contributed by atoms with Gasteiger partial charge in [-0.3, -0.25) is 19.6 Å². The van der Waals surface area contributed by atoms with E-state index in [1.165, 1.54) is 12.5 Å². The number of carbonyl (C=O) groups is 3. The minimum absolute atomic E-state index is 0.280. The van der Waals surface area contributed by atoms with Gasteiger partial charge in [0, 0.05) is 7.05 Å². The number of nitrogens with zero attached hydrogens (tertiary/aromatic N) is 1. The maximum atomic E-state index is 11.9. The van der Waals surface area contributed by atoms with Gasteiger partial charge in [0.15, 0.2) is 0 Å². The first kappa shape index (κ1) is 13.4. The third-order valence-electron chi connectivity index (χ3n) is 3.03. The highest BCUT2D eigenvalue weighted by molar-refractivity contribution is 5.88. The Morgan fingerprint density at radius 1 is 1.29 bits per heavy atom. The molecule has 0 spiro atoms. The molecule has 0 aromatic heterocycles. The number of nitrogens with one attached hydrogen (secondary N) is 1. The van der Waals surface area contributed by atoms with Gasteiger partial charge < -0.3 is 10.0 Å². The zero-order valence-electron chi connectivity index (χ0n) is 9.55. The van der Waals surface area contributed by atoms with Crippen molar-refractivity contribution in [1.82, 2.24) is 10.4 Å². The number of aliphatic carboxylic acids is 1. The minimum Gasteiger partial charge on any atom is -0.481 e. The molecular weight excluding hydrogens is 228 g/mol. The molecule has 1 rings (SSSR count). The number of hydrogen-bond donors (Lipinski definition) is 3. The predicted molar refractivity (Wildman–Crippen MR) is 56.0 cm³/mol. The lowest BCUT2D eigenvalue weighted by Crippen LogP contribution is -2.42. The highest BCUT2D eigenvalue weighted by Crippen LogP contribution is 2.33. The standard InChI is InChI=1S/C10H16N2O5/c1-12(5-8(13)11-17)9(14)6-3-2-4-7(6)10(15)16/h6-7,17H,2-5H2,1H3,(H,11,13)(H,15,16). The van der Waals surface area contributed by atoms with E-state index in [9.17, 15) is 14.4 Å². The van der Waals surface area contributed by atoms with Crippen LogP contribution in [0.5, 0.6) is 0 Å². The van der Waals surface area contributed by atoms with Gasteiger partial charge in [0.25, 0.3) is 5.91 Å². The zero-order chi connectivity index (χ0) is 13.0. The molecular formula is C10H16N2O5. The van der Waals surface area contributed by atoms with Crippen molar-refractivity contribution in [3.05, 3.63) is 0 Å². The lowest BCUT2D eigenvalue weighted by molar-refractivity contribution is -0.149. The summed E-state index contributed by atoms with van der Waals surface area (Å²) in [5, 5.41) is 17.3. The topological polar surface area (TPSA) is 107 Å². The van der Waals surface area contributed by atoms with E-state index < -0.39 is 23.7 Å². The Hall–Kier alpha value is -1.63. The molecule has 3 N–H and O–H groups in total. The first-order valence-electron chi connectivity index (χ1n) is 5.38. The van der Waals surface area contributed by atoms with Crippen molar-refractivity contribution in [2.75, 3.05) is 13.6 Å². The van der Waals surface area contributed by atoms with Gasteiger partial charge in [-0.2, -0.15) is 0 Å². The van der Waals surface area contributed by atoms with Crippen molar-refractivity contribution in [3.8, 4) is 0 Å². The lowest BCUT2D eigenvalue weighted by atomic mass is 9.95. The van der Waals surface area contributed by atoms with E-state index in [0.717, 1.165) is 4.90 Å². The van der Waals surface area contributed by atoms with Gasteiger partial charge in [0.2, 0.25) is 5.91 Å². The molecule has 1 aliphatic rings. The lowest BCUT2D eigenvalue weighted by Gasteiger charge is -2.22. The number of amides is 2. The Balaban J connectivity index is 2.62. The maximum Gasteiger partial charge on any atom is 0.307 e. The molecule has 0 radical (unpaired) electrons. The van der Waals surface area contributed by atoms with Crippen LogP contribution < -0.4 is 5.48 Å². The molecule has 1 fully saturated rings. The summed E-state index contributed by atoms with van der Waals surface area (Å²) in [6, 6.07) is 0. The molecule has 0 aromatic rings. The molecule has 1 aliphatic carbocycles. The van der Waals surface area contributed by atoms with Crippen LogP contribution in [0, 0.1) is 11.8 Å². The summed E-state index contributed by atoms with van der Waals surface area (Å²) in [6.45, 7) is -0.280. The molecule has 2 atom stereocenters. The molecule has 17 heavy (non-hydrogen) atoms. The van der Waals surface area contributed by atoms with Gasteiger partial charge in [-0.25, -0.2) is 5.48 Å². The van der Waals surface area contributed by atoms with E-state index in [1.54, 1.807) is 0 Å². The predicted octanol–water partition coefficient (Wildman–Crippen LogP) is -0.549. The second kappa shape index (κ2) is 5.62. The Kier molecular flexibility index (Phi) is 4.45. The monoisotopic (exact) mass is 244 g/mol. The summed E-state index contributed by atoms with van der Waals surface area (Å²) in [4.78, 5) is 34.9. The van der Waals surface area contributed by atoms with Crippen molar-refractivity contribution < 1.29 is 24.7 Å². The summed E-state index contributed by atoms with van der Waals surface area (Å²) >= 11 is 0. The number of carboxylic acid groups (broad SMARTS) is 1.